The molecule has 0 heteroatoms. The van der Waals surface area contributed by atoms with Gasteiger partial charge in [0.25, 0.3) is 0 Å². The highest BCUT2D eigenvalue weighted by atomic mass is 13.9. The van der Waals surface area contributed by atoms with Crippen LogP contribution < -0.4 is 0 Å². The van der Waals surface area contributed by atoms with Crippen molar-refractivity contribution in [1.29, 1.82) is 0 Å². The SMILES string of the molecule is CCC.CCC/C=C(\C)CC. The summed E-state index contributed by atoms with van der Waals surface area (Å²) >= 11 is 0. The lowest BCUT2D eigenvalue weighted by atomic mass is 10.2. The number of unbranched alkanes of at least 4 members (excludes halogenated alkanes) is 1. The smallest absolute Gasteiger partial charge is 0.0351 e. The van der Waals surface area contributed by atoms with Crippen molar-refractivity contribution in [3.8, 4) is 0 Å². The maximum Gasteiger partial charge on any atom is -0.0351 e. The van der Waals surface area contributed by atoms with Crippen LogP contribution in [0.4, 0.5) is 0 Å². The standard InChI is InChI=1S/C8H16.C3H8/c1-4-6-7-8(3)5-2;1-3-2/h7H,4-6H2,1-3H3;3H2,1-2H3/b8-7+;. The molecule has 0 heterocycles. The molecule has 0 aromatic carbocycles. The van der Waals surface area contributed by atoms with Crippen LogP contribution in [0.2, 0.25) is 0 Å². The van der Waals surface area contributed by atoms with E-state index in [1.807, 2.05) is 0 Å². The van der Waals surface area contributed by atoms with Gasteiger partial charge in [0, 0.05) is 0 Å². The lowest BCUT2D eigenvalue weighted by molar-refractivity contribution is 0.934. The molecule has 0 fully saturated rings. The Balaban J connectivity index is 0. The van der Waals surface area contributed by atoms with Crippen molar-refractivity contribution >= 4 is 0 Å². The quantitative estimate of drug-likeness (QED) is 0.525. The predicted molar refractivity (Wildman–Crippen MR) is 54.9 cm³/mol. The molecule has 0 aliphatic carbocycles. The first kappa shape index (κ1) is 13.3. The molecule has 0 radical (unpaired) electrons. The average Bonchev–Trinajstić information content (AvgIpc) is 2.02. The Labute approximate surface area is 72.7 Å². The Morgan fingerprint density at radius 1 is 1.09 bits per heavy atom. The van der Waals surface area contributed by atoms with E-state index >= 15 is 0 Å². The van der Waals surface area contributed by atoms with E-state index in [-0.39, 0.29) is 0 Å². The van der Waals surface area contributed by atoms with Gasteiger partial charge < -0.3 is 0 Å². The van der Waals surface area contributed by atoms with Gasteiger partial charge in [-0.15, -0.1) is 0 Å². The molecule has 0 rings (SSSR count). The van der Waals surface area contributed by atoms with Gasteiger partial charge in [-0.3, -0.25) is 0 Å². The second-order valence-electron chi connectivity index (χ2n) is 2.90. The third-order valence-electron chi connectivity index (χ3n) is 1.34. The fraction of sp³-hybridized carbons (Fsp3) is 0.818. The zero-order chi connectivity index (χ0) is 9.11. The van der Waals surface area contributed by atoms with E-state index in [0.29, 0.717) is 0 Å². The summed E-state index contributed by atoms with van der Waals surface area (Å²) in [5.41, 5.74) is 1.52. The van der Waals surface area contributed by atoms with Crippen molar-refractivity contribution in [1.82, 2.24) is 0 Å². The third kappa shape index (κ3) is 17.7. The van der Waals surface area contributed by atoms with Gasteiger partial charge in [0.2, 0.25) is 0 Å². The first-order valence-corrected chi connectivity index (χ1v) is 4.88. The maximum absolute atomic E-state index is 2.32. The van der Waals surface area contributed by atoms with Crippen molar-refractivity contribution < 1.29 is 0 Å². The first-order chi connectivity index (χ1) is 5.22. The minimum absolute atomic E-state index is 1.21. The van der Waals surface area contributed by atoms with Crippen molar-refractivity contribution in [3.05, 3.63) is 11.6 Å². The second-order valence-corrected chi connectivity index (χ2v) is 2.90. The molecule has 0 aliphatic rings. The van der Waals surface area contributed by atoms with E-state index < -0.39 is 0 Å². The number of allylic oxidation sites excluding steroid dienone is 2. The third-order valence-corrected chi connectivity index (χ3v) is 1.34. The molecular formula is C11H24. The molecule has 0 bridgehead atoms. The summed E-state index contributed by atoms with van der Waals surface area (Å²) in [6.07, 6.45) is 7.30. The second kappa shape index (κ2) is 12.4. The van der Waals surface area contributed by atoms with Crippen LogP contribution in [-0.2, 0) is 0 Å². The van der Waals surface area contributed by atoms with Crippen molar-refractivity contribution in [3.63, 3.8) is 0 Å². The van der Waals surface area contributed by atoms with Crippen LogP contribution in [0.25, 0.3) is 0 Å². The van der Waals surface area contributed by atoms with E-state index in [4.69, 9.17) is 0 Å². The largest absolute Gasteiger partial charge is 0.0856 e. The molecule has 0 saturated carbocycles. The van der Waals surface area contributed by atoms with Gasteiger partial charge in [0.15, 0.2) is 0 Å². The zero-order valence-electron chi connectivity index (χ0n) is 8.91. The molecular weight excluding hydrogens is 132 g/mol. The molecule has 0 nitrogen and oxygen atoms in total. The normalized spacial score (nSPS) is 10.5. The summed E-state index contributed by atoms with van der Waals surface area (Å²) in [5.74, 6) is 0. The van der Waals surface area contributed by atoms with E-state index in [0.717, 1.165) is 0 Å². The number of rotatable bonds is 3. The van der Waals surface area contributed by atoms with Gasteiger partial charge in [0.05, 0.1) is 0 Å². The molecule has 0 aromatic rings. The van der Waals surface area contributed by atoms with Gasteiger partial charge in [-0.25, -0.2) is 0 Å². The fourth-order valence-corrected chi connectivity index (χ4v) is 0.535. The van der Waals surface area contributed by atoms with Crippen LogP contribution >= 0.6 is 0 Å². The van der Waals surface area contributed by atoms with Crippen LogP contribution in [0.15, 0.2) is 11.6 Å². The van der Waals surface area contributed by atoms with Gasteiger partial charge in [-0.05, 0) is 19.8 Å². The van der Waals surface area contributed by atoms with Crippen molar-refractivity contribution in [2.45, 2.75) is 60.3 Å². The molecule has 0 saturated heterocycles. The molecule has 0 spiro atoms. The Morgan fingerprint density at radius 2 is 1.55 bits per heavy atom. The Kier molecular flexibility index (Phi) is 15.1. The van der Waals surface area contributed by atoms with E-state index in [1.54, 1.807) is 0 Å². The van der Waals surface area contributed by atoms with Gasteiger partial charge in [-0.2, -0.15) is 0 Å². The molecule has 0 amide bonds. The average molecular weight is 156 g/mol. The highest BCUT2D eigenvalue weighted by Gasteiger charge is 1.79. The lowest BCUT2D eigenvalue weighted by Gasteiger charge is -1.91. The monoisotopic (exact) mass is 156 g/mol. The molecule has 0 aliphatic heterocycles. The lowest BCUT2D eigenvalue weighted by Crippen LogP contribution is -1.70. The molecule has 0 aromatic heterocycles. The maximum atomic E-state index is 2.32. The predicted octanol–water partition coefficient (Wildman–Crippen LogP) is 4.56. The highest BCUT2D eigenvalue weighted by molar-refractivity contribution is 4.95. The number of hydrogen-bond acceptors (Lipinski definition) is 0. The van der Waals surface area contributed by atoms with Crippen LogP contribution in [0.1, 0.15) is 60.3 Å². The molecule has 11 heavy (non-hydrogen) atoms. The van der Waals surface area contributed by atoms with Gasteiger partial charge >= 0.3 is 0 Å². The topological polar surface area (TPSA) is 0 Å². The summed E-state index contributed by atoms with van der Waals surface area (Å²) in [4.78, 5) is 0. The Bertz CT molecular complexity index is 80.0. The first-order valence-electron chi connectivity index (χ1n) is 4.88. The van der Waals surface area contributed by atoms with Gasteiger partial charge in [0.1, 0.15) is 0 Å². The molecule has 0 unspecified atom stereocenters. The Hall–Kier alpha value is -0.260. The van der Waals surface area contributed by atoms with Crippen LogP contribution in [-0.4, -0.2) is 0 Å². The summed E-state index contributed by atoms with van der Waals surface area (Å²) in [7, 11) is 0. The molecule has 0 atom stereocenters. The fourth-order valence-electron chi connectivity index (χ4n) is 0.535. The minimum atomic E-state index is 1.21. The van der Waals surface area contributed by atoms with Crippen LogP contribution in [0, 0.1) is 0 Å². The summed E-state index contributed by atoms with van der Waals surface area (Å²) in [6.45, 7) is 10.8. The van der Waals surface area contributed by atoms with Crippen molar-refractivity contribution in [2.24, 2.45) is 0 Å². The summed E-state index contributed by atoms with van der Waals surface area (Å²) in [6, 6.07) is 0. The molecule has 0 N–H and O–H groups in total. The minimum Gasteiger partial charge on any atom is -0.0856 e. The van der Waals surface area contributed by atoms with Crippen LogP contribution in [0.5, 0.6) is 0 Å². The van der Waals surface area contributed by atoms with E-state index in [2.05, 4.69) is 40.7 Å². The zero-order valence-corrected chi connectivity index (χ0v) is 8.91. The summed E-state index contributed by atoms with van der Waals surface area (Å²) < 4.78 is 0. The van der Waals surface area contributed by atoms with Gasteiger partial charge in [-0.1, -0.05) is 52.2 Å². The van der Waals surface area contributed by atoms with E-state index in [1.165, 1.54) is 31.3 Å². The highest BCUT2D eigenvalue weighted by Crippen LogP contribution is 2.00. The number of hydrogen-bond donors (Lipinski definition) is 0. The van der Waals surface area contributed by atoms with E-state index in [9.17, 15) is 0 Å². The Morgan fingerprint density at radius 3 is 1.82 bits per heavy atom. The molecule has 68 valence electrons. The van der Waals surface area contributed by atoms with Crippen LogP contribution in [0.3, 0.4) is 0 Å². The summed E-state index contributed by atoms with van der Waals surface area (Å²) in [5, 5.41) is 0. The van der Waals surface area contributed by atoms with Crippen molar-refractivity contribution in [2.75, 3.05) is 0 Å².